The topological polar surface area (TPSA) is 26.0 Å². The lowest BCUT2D eigenvalue weighted by Crippen LogP contribution is -2.19. The van der Waals surface area contributed by atoms with Crippen LogP contribution in [0.5, 0.6) is 0 Å². The van der Waals surface area contributed by atoms with Gasteiger partial charge in [-0.2, -0.15) is 13.2 Å². The summed E-state index contributed by atoms with van der Waals surface area (Å²) >= 11 is 0. The molecule has 2 N–H and O–H groups in total. The second kappa shape index (κ2) is 4.95. The third-order valence-corrected chi connectivity index (χ3v) is 2.15. The van der Waals surface area contributed by atoms with E-state index in [2.05, 4.69) is 0 Å². The number of alkyl halides is 5. The second-order valence-electron chi connectivity index (χ2n) is 3.46. The van der Waals surface area contributed by atoms with Crippen LogP contribution in [0, 0.1) is 5.82 Å². The molecule has 17 heavy (non-hydrogen) atoms. The predicted octanol–water partition coefficient (Wildman–Crippen LogP) is 3.50. The number of benzene rings is 1. The van der Waals surface area contributed by atoms with E-state index in [9.17, 15) is 26.3 Å². The van der Waals surface area contributed by atoms with Crippen LogP contribution < -0.4 is 5.73 Å². The summed E-state index contributed by atoms with van der Waals surface area (Å²) in [5.41, 5.74) is 3.37. The van der Waals surface area contributed by atoms with Crippen LogP contribution in [0.3, 0.4) is 0 Å². The first-order chi connectivity index (χ1) is 7.71. The average molecular weight is 257 g/mol. The van der Waals surface area contributed by atoms with Gasteiger partial charge in [-0.05, 0) is 23.8 Å². The first-order valence-corrected chi connectivity index (χ1v) is 4.62. The maximum Gasteiger partial charge on any atom is 0.416 e. The number of rotatable bonds is 3. The summed E-state index contributed by atoms with van der Waals surface area (Å²) in [7, 11) is 0. The van der Waals surface area contributed by atoms with Crippen molar-refractivity contribution in [3.05, 3.63) is 35.1 Å². The Balaban J connectivity index is 3.15. The molecule has 1 aromatic carbocycles. The molecule has 1 atom stereocenters. The van der Waals surface area contributed by atoms with Crippen LogP contribution in [0.2, 0.25) is 0 Å². The molecule has 0 bridgehead atoms. The van der Waals surface area contributed by atoms with Crippen LogP contribution >= 0.6 is 0 Å². The highest BCUT2D eigenvalue weighted by Crippen LogP contribution is 2.35. The Hall–Kier alpha value is -1.24. The maximum atomic E-state index is 12.8. The van der Waals surface area contributed by atoms with Gasteiger partial charge in [0.15, 0.2) is 0 Å². The Bertz CT molecular complexity index is 387. The summed E-state index contributed by atoms with van der Waals surface area (Å²) in [5.74, 6) is -0.947. The van der Waals surface area contributed by atoms with Crippen LogP contribution in [0.15, 0.2) is 18.2 Å². The Morgan fingerprint density at radius 3 is 2.24 bits per heavy atom. The van der Waals surface area contributed by atoms with Crippen LogP contribution in [0.4, 0.5) is 26.3 Å². The molecule has 0 aliphatic carbocycles. The number of nitrogens with two attached hydrogens (primary N) is 1. The molecular formula is C10H9F6N. The molecule has 0 aliphatic heterocycles. The van der Waals surface area contributed by atoms with Gasteiger partial charge in [-0.25, -0.2) is 13.2 Å². The summed E-state index contributed by atoms with van der Waals surface area (Å²) in [6.45, 7) is 0. The average Bonchev–Trinajstić information content (AvgIpc) is 2.14. The standard InChI is InChI=1S/C10H9F6N/c11-5-1-2-7(10(14,15)16)6(3-5)8(17)4-9(12)13/h1-3,8-9H,4,17H2/t8-/m1/s1. The van der Waals surface area contributed by atoms with Gasteiger partial charge in [-0.1, -0.05) is 0 Å². The van der Waals surface area contributed by atoms with Crippen molar-refractivity contribution in [1.29, 1.82) is 0 Å². The SMILES string of the molecule is N[C@H](CC(F)F)c1cc(F)ccc1C(F)(F)F. The number of hydrogen-bond donors (Lipinski definition) is 1. The van der Waals surface area contributed by atoms with Crippen molar-refractivity contribution in [3.8, 4) is 0 Å². The van der Waals surface area contributed by atoms with E-state index < -0.39 is 42.0 Å². The number of halogens is 6. The molecular weight excluding hydrogens is 248 g/mol. The van der Waals surface area contributed by atoms with E-state index in [1.54, 1.807) is 0 Å². The largest absolute Gasteiger partial charge is 0.416 e. The molecule has 7 heteroatoms. The molecule has 96 valence electrons. The van der Waals surface area contributed by atoms with Crippen molar-refractivity contribution in [3.63, 3.8) is 0 Å². The summed E-state index contributed by atoms with van der Waals surface area (Å²) in [4.78, 5) is 0. The van der Waals surface area contributed by atoms with E-state index in [-0.39, 0.29) is 0 Å². The molecule has 0 aromatic heterocycles. The molecule has 0 saturated carbocycles. The molecule has 0 radical (unpaired) electrons. The van der Waals surface area contributed by atoms with Gasteiger partial charge in [0, 0.05) is 12.5 Å². The monoisotopic (exact) mass is 257 g/mol. The lowest BCUT2D eigenvalue weighted by atomic mass is 9.98. The highest BCUT2D eigenvalue weighted by atomic mass is 19.4. The van der Waals surface area contributed by atoms with Crippen molar-refractivity contribution in [1.82, 2.24) is 0 Å². The van der Waals surface area contributed by atoms with E-state index >= 15 is 0 Å². The Kier molecular flexibility index (Phi) is 4.03. The fourth-order valence-corrected chi connectivity index (χ4v) is 1.42. The fraction of sp³-hybridized carbons (Fsp3) is 0.400. The molecule has 0 unspecified atom stereocenters. The van der Waals surface area contributed by atoms with Crippen molar-refractivity contribution in [2.75, 3.05) is 0 Å². The van der Waals surface area contributed by atoms with Gasteiger partial charge < -0.3 is 5.73 Å². The minimum atomic E-state index is -4.75. The smallest absolute Gasteiger partial charge is 0.324 e. The van der Waals surface area contributed by atoms with Crippen molar-refractivity contribution in [2.24, 2.45) is 5.73 Å². The summed E-state index contributed by atoms with van der Waals surface area (Å²) in [5, 5.41) is 0. The molecule has 1 aromatic rings. The summed E-state index contributed by atoms with van der Waals surface area (Å²) in [6, 6.07) is 0.0927. The normalized spacial score (nSPS) is 14.1. The van der Waals surface area contributed by atoms with E-state index in [1.165, 1.54) is 0 Å². The zero-order valence-corrected chi connectivity index (χ0v) is 8.44. The second-order valence-corrected chi connectivity index (χ2v) is 3.46. The number of hydrogen-bond acceptors (Lipinski definition) is 1. The molecule has 0 amide bonds. The first kappa shape index (κ1) is 13.8. The zero-order valence-electron chi connectivity index (χ0n) is 8.44. The third kappa shape index (κ3) is 3.62. The van der Waals surface area contributed by atoms with Gasteiger partial charge in [0.1, 0.15) is 5.82 Å². The lowest BCUT2D eigenvalue weighted by Gasteiger charge is -2.18. The van der Waals surface area contributed by atoms with Crippen LogP contribution in [0.25, 0.3) is 0 Å². The van der Waals surface area contributed by atoms with Gasteiger partial charge in [0.05, 0.1) is 5.56 Å². The predicted molar refractivity (Wildman–Crippen MR) is 49.0 cm³/mol. The Labute approximate surface area is 93.2 Å². The molecule has 0 heterocycles. The van der Waals surface area contributed by atoms with Crippen LogP contribution in [-0.2, 0) is 6.18 Å². The van der Waals surface area contributed by atoms with E-state index in [0.717, 1.165) is 0 Å². The summed E-state index contributed by atoms with van der Waals surface area (Å²) in [6.07, 6.45) is -8.55. The molecule has 0 fully saturated rings. The Morgan fingerprint density at radius 1 is 1.18 bits per heavy atom. The maximum absolute atomic E-state index is 12.8. The van der Waals surface area contributed by atoms with Gasteiger partial charge >= 0.3 is 6.18 Å². The highest BCUT2D eigenvalue weighted by molar-refractivity contribution is 5.32. The van der Waals surface area contributed by atoms with Gasteiger partial charge in [0.25, 0.3) is 0 Å². The Morgan fingerprint density at radius 2 is 1.76 bits per heavy atom. The lowest BCUT2D eigenvalue weighted by molar-refractivity contribution is -0.138. The minimum Gasteiger partial charge on any atom is -0.324 e. The molecule has 1 nitrogen and oxygen atoms in total. The third-order valence-electron chi connectivity index (χ3n) is 2.15. The quantitative estimate of drug-likeness (QED) is 0.824. The van der Waals surface area contributed by atoms with Gasteiger partial charge in [-0.3, -0.25) is 0 Å². The molecule has 0 spiro atoms. The van der Waals surface area contributed by atoms with Crippen LogP contribution in [0.1, 0.15) is 23.6 Å². The fourth-order valence-electron chi connectivity index (χ4n) is 1.42. The van der Waals surface area contributed by atoms with E-state index in [1.807, 2.05) is 0 Å². The van der Waals surface area contributed by atoms with Crippen molar-refractivity contribution in [2.45, 2.75) is 25.1 Å². The molecule has 0 aliphatic rings. The molecule has 0 saturated heterocycles. The summed E-state index contributed by atoms with van der Waals surface area (Å²) < 4.78 is 74.4. The first-order valence-electron chi connectivity index (χ1n) is 4.62. The highest BCUT2D eigenvalue weighted by Gasteiger charge is 2.35. The van der Waals surface area contributed by atoms with Gasteiger partial charge in [0.2, 0.25) is 6.43 Å². The zero-order chi connectivity index (χ0) is 13.2. The molecule has 1 rings (SSSR count). The van der Waals surface area contributed by atoms with Crippen LogP contribution in [-0.4, -0.2) is 6.43 Å². The van der Waals surface area contributed by atoms with E-state index in [0.29, 0.717) is 18.2 Å². The van der Waals surface area contributed by atoms with Crippen molar-refractivity contribution >= 4 is 0 Å². The van der Waals surface area contributed by atoms with Crippen molar-refractivity contribution < 1.29 is 26.3 Å². The van der Waals surface area contributed by atoms with Gasteiger partial charge in [-0.15, -0.1) is 0 Å². The van der Waals surface area contributed by atoms with E-state index in [4.69, 9.17) is 5.73 Å². The minimum absolute atomic E-state index is 0.496.